The second-order valence-electron chi connectivity index (χ2n) is 3.69. The molecule has 2 N–H and O–H groups in total. The van der Waals surface area contributed by atoms with Gasteiger partial charge in [-0.3, -0.25) is 0 Å². The smallest absolute Gasteiger partial charge is 0.215 e. The molecule has 0 spiro atoms. The van der Waals surface area contributed by atoms with Crippen molar-refractivity contribution in [2.45, 2.75) is 4.90 Å². The molecule has 0 aliphatic heterocycles. The topological polar surface area (TPSA) is 63.4 Å². The fraction of sp³-hybridized carbons (Fsp3) is 0.333. The van der Waals surface area contributed by atoms with Crippen molar-refractivity contribution >= 4 is 27.5 Å². The number of anilines is 1. The van der Waals surface area contributed by atoms with Crippen LogP contribution in [-0.2, 0) is 10.0 Å². The molecular weight excluding hydrogens is 268 g/mol. The number of terminal acetylenes is 1. The molecule has 0 heterocycles. The Labute approximate surface area is 113 Å². The first-order valence-electron chi connectivity index (χ1n) is 5.31. The first-order valence-corrected chi connectivity index (χ1v) is 7.91. The van der Waals surface area contributed by atoms with Gasteiger partial charge in [0.15, 0.2) is 0 Å². The molecule has 18 heavy (non-hydrogen) atoms. The maximum Gasteiger partial charge on any atom is 0.215 e. The Balaban J connectivity index is 2.47. The lowest BCUT2D eigenvalue weighted by atomic mass is 10.3. The minimum absolute atomic E-state index is 0.0697. The van der Waals surface area contributed by atoms with Crippen molar-refractivity contribution in [2.24, 2.45) is 0 Å². The number of rotatable bonds is 6. The molecule has 4 nitrogen and oxygen atoms in total. The van der Waals surface area contributed by atoms with Crippen molar-refractivity contribution in [2.75, 3.05) is 30.8 Å². The number of nitrogens with two attached hydrogens (primary N) is 1. The lowest BCUT2D eigenvalue weighted by Crippen LogP contribution is -2.30. The van der Waals surface area contributed by atoms with Gasteiger partial charge in [0.2, 0.25) is 10.0 Å². The summed E-state index contributed by atoms with van der Waals surface area (Å²) in [7, 11) is -1.77. The molecule has 6 heteroatoms. The van der Waals surface area contributed by atoms with E-state index in [-0.39, 0.29) is 12.3 Å². The van der Waals surface area contributed by atoms with Crippen molar-refractivity contribution in [3.8, 4) is 12.3 Å². The van der Waals surface area contributed by atoms with E-state index in [4.69, 9.17) is 12.2 Å². The van der Waals surface area contributed by atoms with Crippen LogP contribution in [0.4, 0.5) is 5.69 Å². The molecule has 0 atom stereocenters. The molecule has 1 aromatic rings. The van der Waals surface area contributed by atoms with Gasteiger partial charge in [0.1, 0.15) is 0 Å². The third-order valence-corrected chi connectivity index (χ3v) is 5.35. The van der Waals surface area contributed by atoms with Crippen LogP contribution in [0.1, 0.15) is 0 Å². The quantitative estimate of drug-likeness (QED) is 0.485. The van der Waals surface area contributed by atoms with Gasteiger partial charge in [-0.1, -0.05) is 5.92 Å². The molecular formula is C12H16N2O2S2. The van der Waals surface area contributed by atoms with Crippen LogP contribution in [0.2, 0.25) is 0 Å². The van der Waals surface area contributed by atoms with Crippen molar-refractivity contribution in [3.63, 3.8) is 0 Å². The van der Waals surface area contributed by atoms with Crippen LogP contribution in [0.5, 0.6) is 0 Å². The predicted octanol–water partition coefficient (Wildman–Crippen LogP) is 1.26. The van der Waals surface area contributed by atoms with Gasteiger partial charge in [-0.15, -0.1) is 18.2 Å². The van der Waals surface area contributed by atoms with Crippen molar-refractivity contribution in [1.82, 2.24) is 4.31 Å². The highest BCUT2D eigenvalue weighted by Gasteiger charge is 2.16. The minimum atomic E-state index is -3.26. The molecule has 1 aromatic carbocycles. The van der Waals surface area contributed by atoms with Gasteiger partial charge in [-0.2, -0.15) is 4.31 Å². The SMILES string of the molecule is C#CCN(C)S(=O)(=O)CCSc1ccc(N)cc1. The molecule has 98 valence electrons. The largest absolute Gasteiger partial charge is 0.399 e. The van der Waals surface area contributed by atoms with E-state index in [0.29, 0.717) is 11.4 Å². The lowest BCUT2D eigenvalue weighted by molar-refractivity contribution is 0.504. The fourth-order valence-corrected chi connectivity index (χ4v) is 3.53. The van der Waals surface area contributed by atoms with Gasteiger partial charge < -0.3 is 5.73 Å². The van der Waals surface area contributed by atoms with E-state index >= 15 is 0 Å². The molecule has 0 fully saturated rings. The molecule has 0 bridgehead atoms. The summed E-state index contributed by atoms with van der Waals surface area (Å²) in [5, 5.41) is 0. The van der Waals surface area contributed by atoms with Crippen LogP contribution in [0.15, 0.2) is 29.2 Å². The van der Waals surface area contributed by atoms with Crippen LogP contribution < -0.4 is 5.73 Å². The maximum absolute atomic E-state index is 11.8. The van der Waals surface area contributed by atoms with E-state index in [1.807, 2.05) is 12.1 Å². The van der Waals surface area contributed by atoms with Crippen LogP contribution in [0, 0.1) is 12.3 Å². The second-order valence-corrected chi connectivity index (χ2v) is 7.06. The van der Waals surface area contributed by atoms with Gasteiger partial charge >= 0.3 is 0 Å². The van der Waals surface area contributed by atoms with E-state index < -0.39 is 10.0 Å². The highest BCUT2D eigenvalue weighted by molar-refractivity contribution is 8.00. The van der Waals surface area contributed by atoms with Crippen molar-refractivity contribution < 1.29 is 8.42 Å². The summed E-state index contributed by atoms with van der Waals surface area (Å²) in [5.41, 5.74) is 6.26. The number of hydrogen-bond acceptors (Lipinski definition) is 4. The van der Waals surface area contributed by atoms with Gasteiger partial charge in [-0.25, -0.2) is 8.42 Å². The molecule has 0 aliphatic rings. The first kappa shape index (κ1) is 14.9. The average Bonchev–Trinajstić information content (AvgIpc) is 2.32. The molecule has 0 saturated carbocycles. The molecule has 0 radical (unpaired) electrons. The van der Waals surface area contributed by atoms with Crippen LogP contribution in [0.25, 0.3) is 0 Å². The Morgan fingerprint density at radius 2 is 2.00 bits per heavy atom. The lowest BCUT2D eigenvalue weighted by Gasteiger charge is -2.13. The zero-order valence-electron chi connectivity index (χ0n) is 10.2. The Morgan fingerprint density at radius 3 is 2.56 bits per heavy atom. The van der Waals surface area contributed by atoms with Crippen molar-refractivity contribution in [1.29, 1.82) is 0 Å². The summed E-state index contributed by atoms with van der Waals surface area (Å²) in [6, 6.07) is 7.33. The Morgan fingerprint density at radius 1 is 1.39 bits per heavy atom. The van der Waals surface area contributed by atoms with Crippen LogP contribution in [0.3, 0.4) is 0 Å². The third kappa shape index (κ3) is 4.61. The zero-order valence-corrected chi connectivity index (χ0v) is 11.8. The second kappa shape index (κ2) is 6.69. The number of sulfonamides is 1. The minimum Gasteiger partial charge on any atom is -0.399 e. The predicted molar refractivity (Wildman–Crippen MR) is 76.8 cm³/mol. The number of hydrogen-bond donors (Lipinski definition) is 1. The van der Waals surface area contributed by atoms with Gasteiger partial charge in [0, 0.05) is 23.4 Å². The maximum atomic E-state index is 11.8. The highest BCUT2D eigenvalue weighted by atomic mass is 32.2. The van der Waals surface area contributed by atoms with Crippen LogP contribution in [-0.4, -0.2) is 37.8 Å². The summed E-state index contributed by atoms with van der Waals surface area (Å²) in [5.74, 6) is 2.87. The third-order valence-electron chi connectivity index (χ3n) is 2.28. The monoisotopic (exact) mass is 284 g/mol. The van der Waals surface area contributed by atoms with E-state index in [1.165, 1.54) is 23.1 Å². The standard InChI is InChI=1S/C12H16N2O2S2/c1-3-8-14(2)18(15,16)10-9-17-12-6-4-11(13)5-7-12/h1,4-7H,8-10,13H2,2H3. The number of nitrogens with zero attached hydrogens (tertiary/aromatic N) is 1. The molecule has 1 rings (SSSR count). The van der Waals surface area contributed by atoms with Crippen molar-refractivity contribution in [3.05, 3.63) is 24.3 Å². The zero-order chi connectivity index (χ0) is 13.6. The number of benzene rings is 1. The van der Waals surface area contributed by atoms with Gasteiger partial charge in [0.25, 0.3) is 0 Å². The summed E-state index contributed by atoms with van der Waals surface area (Å²) in [4.78, 5) is 0.999. The van der Waals surface area contributed by atoms with Gasteiger partial charge in [0.05, 0.1) is 12.3 Å². The summed E-state index contributed by atoms with van der Waals surface area (Å²) >= 11 is 1.48. The average molecular weight is 284 g/mol. The first-order chi connectivity index (χ1) is 8.45. The Bertz CT molecular complexity index is 518. The molecule has 0 unspecified atom stereocenters. The van der Waals surface area contributed by atoms with E-state index in [2.05, 4.69) is 5.92 Å². The Kier molecular flexibility index (Phi) is 5.54. The number of nitrogen functional groups attached to an aromatic ring is 1. The van der Waals surface area contributed by atoms with E-state index in [1.54, 1.807) is 12.1 Å². The number of thioether (sulfide) groups is 1. The van der Waals surface area contributed by atoms with E-state index in [9.17, 15) is 8.42 Å². The van der Waals surface area contributed by atoms with Gasteiger partial charge in [-0.05, 0) is 24.3 Å². The van der Waals surface area contributed by atoms with E-state index in [0.717, 1.165) is 4.90 Å². The normalized spacial score (nSPS) is 11.4. The molecule has 0 aromatic heterocycles. The molecule has 0 amide bonds. The highest BCUT2D eigenvalue weighted by Crippen LogP contribution is 2.19. The summed E-state index contributed by atoms with van der Waals surface area (Å²) in [6.07, 6.45) is 5.09. The fourth-order valence-electron chi connectivity index (χ4n) is 1.21. The molecule has 0 saturated heterocycles. The summed E-state index contributed by atoms with van der Waals surface area (Å²) < 4.78 is 24.7. The summed E-state index contributed by atoms with van der Waals surface area (Å²) in [6.45, 7) is 0.106. The molecule has 0 aliphatic carbocycles. The van der Waals surface area contributed by atoms with Crippen LogP contribution >= 0.6 is 11.8 Å². The Hall–Kier alpha value is -1.16.